The van der Waals surface area contributed by atoms with E-state index in [4.69, 9.17) is 0 Å². The van der Waals surface area contributed by atoms with Gasteiger partial charge in [-0.1, -0.05) is 148 Å². The van der Waals surface area contributed by atoms with Crippen molar-refractivity contribution in [2.75, 3.05) is 0 Å². The van der Waals surface area contributed by atoms with Gasteiger partial charge in [0.05, 0.1) is 0 Å². The van der Waals surface area contributed by atoms with Gasteiger partial charge in [-0.3, -0.25) is 0 Å². The van der Waals surface area contributed by atoms with E-state index in [1.54, 1.807) is 0 Å². The third-order valence-corrected chi connectivity index (χ3v) is 9.48. The first-order valence-electron chi connectivity index (χ1n) is 18.2. The van der Waals surface area contributed by atoms with Gasteiger partial charge in [0.25, 0.3) is 0 Å². The van der Waals surface area contributed by atoms with Crippen LogP contribution in [-0.4, -0.2) is 0 Å². The zero-order chi connectivity index (χ0) is 37.2. The predicted molar refractivity (Wildman–Crippen MR) is 223 cm³/mol. The van der Waals surface area contributed by atoms with Gasteiger partial charge in [0.1, 0.15) is 0 Å². The summed E-state index contributed by atoms with van der Waals surface area (Å²) in [6.45, 7) is 25.8. The Kier molecular flexibility index (Phi) is 15.6. The Labute approximate surface area is 327 Å². The molecule has 0 bridgehead atoms. The minimum atomic E-state index is 0. The van der Waals surface area contributed by atoms with Crippen LogP contribution in [0.25, 0.3) is 0 Å². The molecule has 0 saturated heterocycles. The van der Waals surface area contributed by atoms with Crippen molar-refractivity contribution in [3.8, 4) is 0 Å². The van der Waals surface area contributed by atoms with Crippen LogP contribution in [0.15, 0.2) is 109 Å². The maximum atomic E-state index is 2.27. The topological polar surface area (TPSA) is 0 Å². The van der Waals surface area contributed by atoms with Gasteiger partial charge < -0.3 is 0 Å². The van der Waals surface area contributed by atoms with Gasteiger partial charge in [-0.05, 0) is 41.5 Å². The van der Waals surface area contributed by atoms with E-state index in [0.717, 1.165) is 0 Å². The molecule has 0 aliphatic rings. The monoisotopic (exact) mass is 721 g/mol. The fourth-order valence-electron chi connectivity index (χ4n) is 6.43. The fourth-order valence-corrected chi connectivity index (χ4v) is 6.43. The molecule has 52 heavy (non-hydrogen) atoms. The molecule has 0 nitrogen and oxygen atoms in total. The molecule has 0 amide bonds. The van der Waals surface area contributed by atoms with Crippen molar-refractivity contribution in [2.45, 2.75) is 83.1 Å². The fraction of sp³-hybridized carbons (Fsp3) is 0.235. The van der Waals surface area contributed by atoms with Crippen molar-refractivity contribution in [3.63, 3.8) is 0 Å². The molecule has 0 aliphatic carbocycles. The van der Waals surface area contributed by atoms with Crippen LogP contribution in [0.2, 0.25) is 0 Å². The van der Waals surface area contributed by atoms with Gasteiger partial charge in [-0.15, -0.1) is 122 Å². The molecule has 1 heteroatoms. The summed E-state index contributed by atoms with van der Waals surface area (Å²) in [6, 6.07) is 39.6. The second-order valence-electron chi connectivity index (χ2n) is 14.6. The van der Waals surface area contributed by atoms with Crippen LogP contribution in [-0.2, 0) is 17.4 Å². The van der Waals surface area contributed by atoms with Gasteiger partial charge in [0.2, 0.25) is 0 Å². The molecule has 6 aromatic carbocycles. The molecular weight excluding hydrogens is 665 g/mol. The van der Waals surface area contributed by atoms with Crippen LogP contribution in [0.1, 0.15) is 100 Å². The van der Waals surface area contributed by atoms with Crippen LogP contribution in [0, 0.1) is 102 Å². The number of benzene rings is 6. The number of hydrogen-bond acceptors (Lipinski definition) is 0. The van der Waals surface area contributed by atoms with Crippen molar-refractivity contribution in [2.24, 2.45) is 0 Å². The third kappa shape index (κ3) is 12.3. The van der Waals surface area contributed by atoms with Crippen LogP contribution < -0.4 is 0 Å². The second-order valence-corrected chi connectivity index (χ2v) is 14.6. The Balaban J connectivity index is 0.000000208. The Hall–Kier alpha value is -4.54. The Bertz CT molecular complexity index is 1710. The minimum absolute atomic E-state index is 0. The molecule has 0 fully saturated rings. The van der Waals surface area contributed by atoms with Crippen molar-refractivity contribution in [1.82, 2.24) is 0 Å². The number of aryl methyl sites for hydroxylation is 12. The summed E-state index contributed by atoms with van der Waals surface area (Å²) in [7, 11) is 0. The zero-order valence-corrected chi connectivity index (χ0v) is 34.8. The zero-order valence-electron chi connectivity index (χ0n) is 33.5. The van der Waals surface area contributed by atoms with Gasteiger partial charge in [0.15, 0.2) is 0 Å². The van der Waals surface area contributed by atoms with Crippen LogP contribution >= 0.6 is 0 Å². The normalized spacial score (nSPS) is 10.2. The van der Waals surface area contributed by atoms with Gasteiger partial charge in [-0.2, -0.15) is 0 Å². The van der Waals surface area contributed by atoms with E-state index < -0.39 is 0 Å². The molecule has 0 aliphatic heterocycles. The van der Waals surface area contributed by atoms with Crippen molar-refractivity contribution in [1.29, 1.82) is 0 Å². The van der Waals surface area contributed by atoms with Gasteiger partial charge in [0, 0.05) is 0 Å². The van der Waals surface area contributed by atoms with Gasteiger partial charge >= 0.3 is 17.4 Å². The van der Waals surface area contributed by atoms with E-state index in [0.29, 0.717) is 0 Å². The van der Waals surface area contributed by atoms with Crippen LogP contribution in [0.3, 0.4) is 0 Å². The van der Waals surface area contributed by atoms with E-state index in [2.05, 4.69) is 212 Å². The van der Waals surface area contributed by atoms with Crippen molar-refractivity contribution in [3.05, 3.63) is 229 Å². The molecule has 0 unspecified atom stereocenters. The molecule has 6 rings (SSSR count). The number of rotatable bonds is 6. The maximum absolute atomic E-state index is 2.27. The smallest absolute Gasteiger partial charge is 0.126 e. The Morgan fingerprint density at radius 3 is 0.481 bits per heavy atom. The van der Waals surface area contributed by atoms with Crippen molar-refractivity contribution < 1.29 is 17.4 Å². The molecule has 0 saturated carbocycles. The quantitative estimate of drug-likeness (QED) is 0.150. The first-order valence-corrected chi connectivity index (χ1v) is 18.2. The largest absolute Gasteiger partial charge is 3.00 e. The average molecular weight is 722 g/mol. The minimum Gasteiger partial charge on any atom is -0.126 e. The number of hydrogen-bond donors (Lipinski definition) is 0. The summed E-state index contributed by atoms with van der Waals surface area (Å²) in [4.78, 5) is 0. The Morgan fingerprint density at radius 2 is 0.365 bits per heavy atom. The summed E-state index contributed by atoms with van der Waals surface area (Å²) in [6.07, 6.45) is 6.80. The SMILES string of the molecule is Cc1ccc([CH-]c2ccc(C)cc2C)c(C)c1.Cc1ccc([CH-]c2ccc(C)cc2C)c(C)c1.Cc1ccc([CH-]c2ccc(C)cc2C)c(C)c1.[Cr+3]. The molecule has 0 heterocycles. The van der Waals surface area contributed by atoms with Crippen LogP contribution in [0.4, 0.5) is 0 Å². The van der Waals surface area contributed by atoms with E-state index in [-0.39, 0.29) is 17.4 Å². The summed E-state index contributed by atoms with van der Waals surface area (Å²) >= 11 is 0. The molecule has 267 valence electrons. The summed E-state index contributed by atoms with van der Waals surface area (Å²) in [5.74, 6) is 0. The van der Waals surface area contributed by atoms with E-state index >= 15 is 0 Å². The summed E-state index contributed by atoms with van der Waals surface area (Å²) in [5.41, 5.74) is 23.8. The third-order valence-electron chi connectivity index (χ3n) is 9.48. The Morgan fingerprint density at radius 1 is 0.231 bits per heavy atom. The molecular formula is C51H57Cr. The summed E-state index contributed by atoms with van der Waals surface area (Å²) < 4.78 is 0. The molecule has 0 atom stereocenters. The molecule has 6 aromatic rings. The maximum Gasteiger partial charge on any atom is 3.00 e. The molecule has 0 spiro atoms. The molecule has 0 N–H and O–H groups in total. The first-order chi connectivity index (χ1) is 24.2. The van der Waals surface area contributed by atoms with E-state index in [1.165, 1.54) is 100 Å². The molecule has 0 aromatic heterocycles. The molecule has 1 radical (unpaired) electrons. The van der Waals surface area contributed by atoms with Crippen molar-refractivity contribution >= 4 is 0 Å². The first kappa shape index (κ1) is 41.9. The van der Waals surface area contributed by atoms with Gasteiger partial charge in [-0.25, -0.2) is 0 Å². The van der Waals surface area contributed by atoms with E-state index in [1.807, 2.05) is 0 Å². The second kappa shape index (κ2) is 19.3. The van der Waals surface area contributed by atoms with E-state index in [9.17, 15) is 0 Å². The predicted octanol–water partition coefficient (Wildman–Crippen LogP) is 13.6. The standard InChI is InChI=1S/3C17H19.Cr/c3*1-12-5-7-16(14(3)9-12)11-17-8-6-13(2)10-15(17)4;/h3*5-11H,1-4H3;/q3*-1;+3. The summed E-state index contributed by atoms with van der Waals surface area (Å²) in [5, 5.41) is 0. The van der Waals surface area contributed by atoms with Crippen LogP contribution in [0.5, 0.6) is 0 Å². The average Bonchev–Trinajstić information content (AvgIpc) is 3.05.